The van der Waals surface area contributed by atoms with Crippen LogP contribution in [0.5, 0.6) is 11.5 Å². The molecule has 0 radical (unpaired) electrons. The second-order valence-corrected chi connectivity index (χ2v) is 9.98. The van der Waals surface area contributed by atoms with Gasteiger partial charge in [0.25, 0.3) is 0 Å². The first-order chi connectivity index (χ1) is 20.6. The molecule has 5 rings (SSSR count). The number of hydrogen-bond acceptors (Lipinski definition) is 3. The Morgan fingerprint density at radius 2 is 1.26 bits per heavy atom. The molecule has 0 aliphatic carbocycles. The Bertz CT molecular complexity index is 1560. The van der Waals surface area contributed by atoms with Crippen LogP contribution in [0.1, 0.15) is 17.0 Å². The van der Waals surface area contributed by atoms with Gasteiger partial charge in [-0.3, -0.25) is 9.69 Å². The van der Waals surface area contributed by atoms with Crippen molar-refractivity contribution in [3.63, 3.8) is 0 Å². The van der Waals surface area contributed by atoms with E-state index >= 15 is 0 Å². The van der Waals surface area contributed by atoms with Gasteiger partial charge in [-0.25, -0.2) is 4.79 Å². The van der Waals surface area contributed by atoms with E-state index in [-0.39, 0.29) is 25.0 Å². The van der Waals surface area contributed by atoms with Crippen LogP contribution in [-0.4, -0.2) is 25.0 Å². The fourth-order valence-electron chi connectivity index (χ4n) is 4.60. The minimum atomic E-state index is -0.476. The van der Waals surface area contributed by atoms with Crippen molar-refractivity contribution in [1.29, 1.82) is 0 Å². The maximum Gasteiger partial charge on any atom is 0.326 e. The fraction of sp³-hybridized carbons (Fsp3) is 0.0857. The summed E-state index contributed by atoms with van der Waals surface area (Å²) < 4.78 is 5.91. The molecule has 0 heterocycles. The molecule has 42 heavy (non-hydrogen) atoms. The third-order valence-electron chi connectivity index (χ3n) is 6.61. The number of para-hydroxylation sites is 1. The number of halogens is 1. The van der Waals surface area contributed by atoms with E-state index in [0.29, 0.717) is 22.1 Å². The minimum absolute atomic E-state index is 0.144. The summed E-state index contributed by atoms with van der Waals surface area (Å²) in [7, 11) is 0. The number of rotatable bonds is 10. The van der Waals surface area contributed by atoms with Crippen molar-refractivity contribution in [2.75, 3.05) is 23.3 Å². The van der Waals surface area contributed by atoms with Crippen molar-refractivity contribution < 1.29 is 14.3 Å². The molecule has 2 N–H and O–H groups in total. The van der Waals surface area contributed by atoms with E-state index < -0.39 is 5.92 Å². The maximum atomic E-state index is 13.5. The van der Waals surface area contributed by atoms with Crippen molar-refractivity contribution in [2.45, 2.75) is 5.92 Å². The lowest BCUT2D eigenvalue weighted by molar-refractivity contribution is -0.121. The zero-order chi connectivity index (χ0) is 29.1. The van der Waals surface area contributed by atoms with E-state index in [2.05, 4.69) is 10.6 Å². The normalized spacial score (nSPS) is 10.6. The third kappa shape index (κ3) is 7.56. The Balaban J connectivity index is 1.32. The van der Waals surface area contributed by atoms with Gasteiger partial charge in [0.2, 0.25) is 5.91 Å². The van der Waals surface area contributed by atoms with Gasteiger partial charge < -0.3 is 15.4 Å². The molecule has 0 saturated carbocycles. The Kier molecular flexibility index (Phi) is 9.50. The Morgan fingerprint density at radius 1 is 0.690 bits per heavy atom. The molecule has 0 aliphatic heterocycles. The molecule has 0 saturated heterocycles. The topological polar surface area (TPSA) is 70.7 Å². The van der Waals surface area contributed by atoms with Gasteiger partial charge in [-0.2, -0.15) is 0 Å². The lowest BCUT2D eigenvalue weighted by Gasteiger charge is -2.25. The summed E-state index contributed by atoms with van der Waals surface area (Å²) in [5.74, 6) is 0.738. The Morgan fingerprint density at radius 3 is 1.86 bits per heavy atom. The van der Waals surface area contributed by atoms with E-state index in [1.807, 2.05) is 103 Å². The number of urea groups is 1. The fourth-order valence-corrected chi connectivity index (χ4v) is 4.79. The van der Waals surface area contributed by atoms with Crippen molar-refractivity contribution in [2.24, 2.45) is 0 Å². The second-order valence-electron chi connectivity index (χ2n) is 9.55. The zero-order valence-corrected chi connectivity index (χ0v) is 23.6. The standard InChI is InChI=1S/C35H30ClN3O3/c36-28-15-10-16-29(25-28)38-35(41)39(30-19-21-32(22-20-30)42-31-17-8-3-9-18-31)24-23-37-34(40)33(26-11-4-1-5-12-26)27-13-6-2-7-14-27/h1-22,25,33H,23-24H2,(H,37,40)(H,38,41). The molecule has 210 valence electrons. The zero-order valence-electron chi connectivity index (χ0n) is 22.8. The van der Waals surface area contributed by atoms with E-state index in [1.165, 1.54) is 0 Å². The number of amides is 3. The van der Waals surface area contributed by atoms with Gasteiger partial charge in [-0.05, 0) is 65.7 Å². The van der Waals surface area contributed by atoms with Crippen LogP contribution < -0.4 is 20.3 Å². The average molecular weight is 576 g/mol. The minimum Gasteiger partial charge on any atom is -0.457 e. The summed E-state index contributed by atoms with van der Waals surface area (Å²) in [6, 6.07) is 42.6. The summed E-state index contributed by atoms with van der Waals surface area (Å²) in [6.45, 7) is 0.466. The predicted molar refractivity (Wildman–Crippen MR) is 169 cm³/mol. The van der Waals surface area contributed by atoms with Gasteiger partial charge in [0.1, 0.15) is 11.5 Å². The number of anilines is 2. The highest BCUT2D eigenvalue weighted by Crippen LogP contribution is 2.26. The molecular weight excluding hydrogens is 546 g/mol. The van der Waals surface area contributed by atoms with Gasteiger partial charge in [0.15, 0.2) is 0 Å². The van der Waals surface area contributed by atoms with Crippen LogP contribution in [0.25, 0.3) is 0 Å². The number of hydrogen-bond donors (Lipinski definition) is 2. The largest absolute Gasteiger partial charge is 0.457 e. The number of carbonyl (C=O) groups excluding carboxylic acids is 2. The van der Waals surface area contributed by atoms with E-state index in [1.54, 1.807) is 41.3 Å². The maximum absolute atomic E-state index is 13.5. The molecule has 7 heteroatoms. The first-order valence-electron chi connectivity index (χ1n) is 13.6. The van der Waals surface area contributed by atoms with Crippen molar-refractivity contribution in [3.8, 4) is 11.5 Å². The summed E-state index contributed by atoms with van der Waals surface area (Å²) in [5.41, 5.74) is 3.00. The van der Waals surface area contributed by atoms with Crippen molar-refractivity contribution >= 4 is 34.9 Å². The molecule has 5 aromatic rings. The van der Waals surface area contributed by atoms with Gasteiger partial charge in [0.05, 0.1) is 5.92 Å². The molecule has 3 amide bonds. The molecule has 0 aromatic heterocycles. The number of ether oxygens (including phenoxy) is 1. The van der Waals surface area contributed by atoms with Crippen LogP contribution in [0.15, 0.2) is 140 Å². The number of carbonyl (C=O) groups is 2. The van der Waals surface area contributed by atoms with Gasteiger partial charge in [0, 0.05) is 29.5 Å². The van der Waals surface area contributed by atoms with Gasteiger partial charge in [-0.1, -0.05) is 96.5 Å². The Hall–Kier alpha value is -5.07. The monoisotopic (exact) mass is 575 g/mol. The molecule has 0 fully saturated rings. The highest BCUT2D eigenvalue weighted by molar-refractivity contribution is 6.30. The van der Waals surface area contributed by atoms with Crippen LogP contribution in [-0.2, 0) is 4.79 Å². The third-order valence-corrected chi connectivity index (χ3v) is 6.85. The van der Waals surface area contributed by atoms with E-state index in [9.17, 15) is 9.59 Å². The predicted octanol–water partition coefficient (Wildman–Crippen LogP) is 8.12. The lowest BCUT2D eigenvalue weighted by atomic mass is 9.90. The van der Waals surface area contributed by atoms with Crippen LogP contribution in [0.2, 0.25) is 5.02 Å². The summed E-state index contributed by atoms with van der Waals surface area (Å²) in [5, 5.41) is 6.47. The summed E-state index contributed by atoms with van der Waals surface area (Å²) >= 11 is 6.13. The summed E-state index contributed by atoms with van der Waals surface area (Å²) in [6.07, 6.45) is 0. The van der Waals surface area contributed by atoms with Gasteiger partial charge >= 0.3 is 6.03 Å². The average Bonchev–Trinajstić information content (AvgIpc) is 3.02. The van der Waals surface area contributed by atoms with E-state index in [4.69, 9.17) is 16.3 Å². The van der Waals surface area contributed by atoms with Crippen LogP contribution in [0.4, 0.5) is 16.2 Å². The number of nitrogens with zero attached hydrogens (tertiary/aromatic N) is 1. The first-order valence-corrected chi connectivity index (χ1v) is 14.0. The number of benzene rings is 5. The van der Waals surface area contributed by atoms with E-state index in [0.717, 1.165) is 16.9 Å². The molecule has 5 aromatic carbocycles. The smallest absolute Gasteiger partial charge is 0.326 e. The quantitative estimate of drug-likeness (QED) is 0.177. The lowest BCUT2D eigenvalue weighted by Crippen LogP contribution is -2.42. The molecule has 0 aliphatic rings. The molecule has 0 bridgehead atoms. The summed E-state index contributed by atoms with van der Waals surface area (Å²) in [4.78, 5) is 28.6. The van der Waals surface area contributed by atoms with Crippen LogP contribution >= 0.6 is 11.6 Å². The molecule has 0 unspecified atom stereocenters. The molecule has 0 spiro atoms. The first kappa shape index (κ1) is 28.5. The highest BCUT2D eigenvalue weighted by Gasteiger charge is 2.23. The molecular formula is C35H30ClN3O3. The SMILES string of the molecule is O=C(NCCN(C(=O)Nc1cccc(Cl)c1)c1ccc(Oc2ccccc2)cc1)C(c1ccccc1)c1ccccc1. The van der Waals surface area contributed by atoms with Crippen molar-refractivity contribution in [3.05, 3.63) is 156 Å². The number of nitrogens with one attached hydrogen (secondary N) is 2. The van der Waals surface area contributed by atoms with Crippen molar-refractivity contribution in [1.82, 2.24) is 5.32 Å². The van der Waals surface area contributed by atoms with Gasteiger partial charge in [-0.15, -0.1) is 0 Å². The second kappa shape index (κ2) is 14.0. The Labute approximate surface area is 250 Å². The van der Waals surface area contributed by atoms with Crippen LogP contribution in [0.3, 0.4) is 0 Å². The highest BCUT2D eigenvalue weighted by atomic mass is 35.5. The molecule has 0 atom stereocenters. The molecule has 6 nitrogen and oxygen atoms in total. The van der Waals surface area contributed by atoms with Crippen LogP contribution in [0, 0.1) is 0 Å².